The summed E-state index contributed by atoms with van der Waals surface area (Å²) in [6.45, 7) is 5.59. The number of hydrogen-bond acceptors (Lipinski definition) is 4. The lowest BCUT2D eigenvalue weighted by molar-refractivity contribution is -0.159. The number of carbonyl (C=O) groups is 2. The Kier molecular flexibility index (Phi) is 5.68. The molecule has 26 heavy (non-hydrogen) atoms. The Balaban J connectivity index is 1.68. The number of nitrogens with zero attached hydrogens (tertiary/aromatic N) is 1. The zero-order chi connectivity index (χ0) is 18.5. The van der Waals surface area contributed by atoms with Crippen molar-refractivity contribution in [3.63, 3.8) is 0 Å². The smallest absolute Gasteiger partial charge is 0.323 e. The molecule has 136 valence electrons. The molecule has 1 N–H and O–H groups in total. The fourth-order valence-corrected chi connectivity index (χ4v) is 3.32. The van der Waals surface area contributed by atoms with Crippen LogP contribution in [0.3, 0.4) is 0 Å². The van der Waals surface area contributed by atoms with Crippen LogP contribution in [0.4, 0.5) is 5.69 Å². The monoisotopic (exact) mass is 352 g/mol. The van der Waals surface area contributed by atoms with Crippen molar-refractivity contribution >= 4 is 17.6 Å². The lowest BCUT2D eigenvalue weighted by atomic mass is 10.1. The second kappa shape index (κ2) is 8.15. The molecule has 0 saturated carbocycles. The highest BCUT2D eigenvalue weighted by Crippen LogP contribution is 2.18. The van der Waals surface area contributed by atoms with E-state index < -0.39 is 6.04 Å². The maximum Gasteiger partial charge on any atom is 0.323 e. The molecule has 5 heteroatoms. The van der Waals surface area contributed by atoms with Crippen molar-refractivity contribution in [2.24, 2.45) is 0 Å². The third-order valence-electron chi connectivity index (χ3n) is 4.45. The molecule has 3 rings (SSSR count). The van der Waals surface area contributed by atoms with E-state index in [2.05, 4.69) is 11.4 Å². The van der Waals surface area contributed by atoms with E-state index in [4.69, 9.17) is 4.74 Å². The van der Waals surface area contributed by atoms with Gasteiger partial charge in [0, 0.05) is 18.8 Å². The number of carbonyl (C=O) groups excluding carboxylic acids is 2. The molecule has 0 bridgehead atoms. The summed E-state index contributed by atoms with van der Waals surface area (Å²) in [7, 11) is 0. The minimum Gasteiger partial charge on any atom is -0.463 e. The Morgan fingerprint density at radius 3 is 2.54 bits per heavy atom. The lowest BCUT2D eigenvalue weighted by Crippen LogP contribution is -2.49. The Morgan fingerprint density at radius 2 is 1.85 bits per heavy atom. The number of rotatable bonds is 5. The van der Waals surface area contributed by atoms with Gasteiger partial charge in [-0.1, -0.05) is 36.4 Å². The van der Waals surface area contributed by atoms with Crippen LogP contribution in [0.5, 0.6) is 0 Å². The molecule has 0 aliphatic carbocycles. The summed E-state index contributed by atoms with van der Waals surface area (Å²) in [5, 5.41) is 2.90. The molecule has 1 saturated heterocycles. The van der Waals surface area contributed by atoms with Crippen molar-refractivity contribution in [3.8, 4) is 0 Å². The number of hydrogen-bond donors (Lipinski definition) is 1. The lowest BCUT2D eigenvalue weighted by Gasteiger charge is -2.33. The van der Waals surface area contributed by atoms with Gasteiger partial charge in [-0.15, -0.1) is 0 Å². The van der Waals surface area contributed by atoms with Crippen molar-refractivity contribution < 1.29 is 14.3 Å². The van der Waals surface area contributed by atoms with Crippen molar-refractivity contribution in [3.05, 3.63) is 65.2 Å². The maximum atomic E-state index is 12.5. The summed E-state index contributed by atoms with van der Waals surface area (Å²) in [6.07, 6.45) is 0.0820. The van der Waals surface area contributed by atoms with Crippen LogP contribution in [0.25, 0.3) is 0 Å². The van der Waals surface area contributed by atoms with Crippen LogP contribution in [0.15, 0.2) is 48.5 Å². The number of benzene rings is 2. The molecular weight excluding hydrogens is 328 g/mol. The van der Waals surface area contributed by atoms with E-state index in [1.54, 1.807) is 0 Å². The van der Waals surface area contributed by atoms with Gasteiger partial charge in [-0.25, -0.2) is 0 Å². The largest absolute Gasteiger partial charge is 0.463 e. The van der Waals surface area contributed by atoms with Gasteiger partial charge in [-0.3, -0.25) is 14.5 Å². The molecule has 1 heterocycles. The Morgan fingerprint density at radius 1 is 1.15 bits per heavy atom. The van der Waals surface area contributed by atoms with Crippen LogP contribution < -0.4 is 5.32 Å². The molecule has 1 amide bonds. The minimum atomic E-state index is -0.560. The average Bonchev–Trinajstić information content (AvgIpc) is 2.58. The second-order valence-electron chi connectivity index (χ2n) is 6.77. The van der Waals surface area contributed by atoms with Crippen LogP contribution in [-0.4, -0.2) is 36.0 Å². The average molecular weight is 352 g/mol. The fraction of sp³-hybridized carbons (Fsp3) is 0.333. The van der Waals surface area contributed by atoms with E-state index in [-0.39, 0.29) is 18.3 Å². The number of amides is 1. The van der Waals surface area contributed by atoms with Crippen molar-refractivity contribution in [1.29, 1.82) is 0 Å². The Labute approximate surface area is 154 Å². The number of aryl methyl sites for hydroxylation is 2. The van der Waals surface area contributed by atoms with E-state index in [0.717, 1.165) is 22.4 Å². The number of anilines is 1. The minimum absolute atomic E-state index is 0.0820. The maximum absolute atomic E-state index is 12.5. The van der Waals surface area contributed by atoms with E-state index >= 15 is 0 Å². The van der Waals surface area contributed by atoms with Crippen molar-refractivity contribution in [1.82, 2.24) is 4.90 Å². The molecule has 5 nitrogen and oxygen atoms in total. The number of ether oxygens (including phenoxy) is 1. The van der Waals surface area contributed by atoms with Gasteiger partial charge in [0.2, 0.25) is 5.91 Å². The molecule has 1 aliphatic heterocycles. The fourth-order valence-electron chi connectivity index (χ4n) is 3.32. The number of morpholine rings is 1. The van der Waals surface area contributed by atoms with Gasteiger partial charge in [0.15, 0.2) is 0 Å². The molecule has 0 unspecified atom stereocenters. The predicted octanol–water partition coefficient (Wildman–Crippen LogP) is 3.06. The first-order valence-electron chi connectivity index (χ1n) is 8.84. The normalized spacial score (nSPS) is 17.6. The highest BCUT2D eigenvalue weighted by molar-refractivity contribution is 5.94. The second-order valence-corrected chi connectivity index (χ2v) is 6.77. The third kappa shape index (κ3) is 4.70. The zero-order valence-electron chi connectivity index (χ0n) is 15.2. The van der Waals surface area contributed by atoms with Crippen LogP contribution >= 0.6 is 0 Å². The molecule has 0 spiro atoms. The summed E-state index contributed by atoms with van der Waals surface area (Å²) in [5.41, 5.74) is 4.04. The van der Waals surface area contributed by atoms with Crippen LogP contribution in [0.2, 0.25) is 0 Å². The molecule has 0 aromatic heterocycles. The summed E-state index contributed by atoms with van der Waals surface area (Å²) < 4.78 is 5.19. The molecule has 0 radical (unpaired) electrons. The van der Waals surface area contributed by atoms with Gasteiger partial charge in [0.1, 0.15) is 12.6 Å². The Hall–Kier alpha value is -2.66. The molecule has 2 aromatic carbocycles. The molecule has 1 aliphatic rings. The first kappa shape index (κ1) is 18.1. The topological polar surface area (TPSA) is 58.6 Å². The highest BCUT2D eigenvalue weighted by atomic mass is 16.5. The highest BCUT2D eigenvalue weighted by Gasteiger charge is 2.33. The molecule has 1 fully saturated rings. The standard InChI is InChI=1S/C21H24N2O3/c1-15-10-16(2)12-18(11-15)22-20(24)13-19-21(25)26-9-8-23(19)14-17-6-4-3-5-7-17/h3-7,10-12,19H,8-9,13-14H2,1-2H3,(H,22,24)/t19-/m0/s1. The number of nitrogens with one attached hydrogen (secondary N) is 1. The summed E-state index contributed by atoms with van der Waals surface area (Å²) in [4.78, 5) is 26.8. The van der Waals surface area contributed by atoms with Gasteiger partial charge < -0.3 is 10.1 Å². The van der Waals surface area contributed by atoms with Gasteiger partial charge in [0.05, 0.1) is 6.42 Å². The van der Waals surface area contributed by atoms with Gasteiger partial charge in [0.25, 0.3) is 0 Å². The first-order chi connectivity index (χ1) is 12.5. The summed E-state index contributed by atoms with van der Waals surface area (Å²) in [5.74, 6) is -0.514. The Bertz CT molecular complexity index is 769. The predicted molar refractivity (Wildman–Crippen MR) is 101 cm³/mol. The van der Waals surface area contributed by atoms with Gasteiger partial charge >= 0.3 is 5.97 Å². The van der Waals surface area contributed by atoms with E-state index in [9.17, 15) is 9.59 Å². The number of cyclic esters (lactones) is 1. The summed E-state index contributed by atoms with van der Waals surface area (Å²) in [6, 6.07) is 15.3. The van der Waals surface area contributed by atoms with E-state index in [1.165, 1.54) is 0 Å². The van der Waals surface area contributed by atoms with Crippen LogP contribution in [-0.2, 0) is 20.9 Å². The quantitative estimate of drug-likeness (QED) is 0.840. The molecule has 2 aromatic rings. The van der Waals surface area contributed by atoms with Gasteiger partial charge in [-0.2, -0.15) is 0 Å². The number of esters is 1. The van der Waals surface area contributed by atoms with Crippen molar-refractivity contribution in [2.45, 2.75) is 32.9 Å². The van der Waals surface area contributed by atoms with E-state index in [0.29, 0.717) is 19.7 Å². The first-order valence-corrected chi connectivity index (χ1v) is 8.84. The third-order valence-corrected chi connectivity index (χ3v) is 4.45. The van der Waals surface area contributed by atoms with Crippen LogP contribution in [0, 0.1) is 13.8 Å². The van der Waals surface area contributed by atoms with Gasteiger partial charge in [-0.05, 0) is 42.7 Å². The van der Waals surface area contributed by atoms with Crippen LogP contribution in [0.1, 0.15) is 23.1 Å². The SMILES string of the molecule is Cc1cc(C)cc(NC(=O)C[C@H]2C(=O)OCCN2Cc2ccccc2)c1. The van der Waals surface area contributed by atoms with E-state index in [1.807, 2.05) is 61.2 Å². The molecular formula is C21H24N2O3. The summed E-state index contributed by atoms with van der Waals surface area (Å²) >= 11 is 0. The molecule has 1 atom stereocenters. The zero-order valence-corrected chi connectivity index (χ0v) is 15.2. The van der Waals surface area contributed by atoms with Crippen molar-refractivity contribution in [2.75, 3.05) is 18.5 Å².